The molecule has 31 heavy (non-hydrogen) atoms. The molecule has 0 aliphatic carbocycles. The number of hydrogen-bond acceptors (Lipinski definition) is 4. The van der Waals surface area contributed by atoms with Gasteiger partial charge in [0.25, 0.3) is 0 Å². The number of rotatable bonds is 10. The van der Waals surface area contributed by atoms with Gasteiger partial charge in [-0.15, -0.1) is 24.0 Å². The van der Waals surface area contributed by atoms with E-state index in [0.29, 0.717) is 19.8 Å². The van der Waals surface area contributed by atoms with E-state index in [2.05, 4.69) is 45.0 Å². The zero-order chi connectivity index (χ0) is 21.0. The molecule has 0 aliphatic heterocycles. The summed E-state index contributed by atoms with van der Waals surface area (Å²) in [4.78, 5) is 4.29. The van der Waals surface area contributed by atoms with E-state index in [0.717, 1.165) is 35.9 Å². The first kappa shape index (κ1) is 24.7. The maximum absolute atomic E-state index is 5.59. The second-order valence-corrected chi connectivity index (χ2v) is 6.70. The quantitative estimate of drug-likeness (QED) is 0.180. The smallest absolute Gasteiger partial charge is 0.191 e. The molecule has 0 amide bonds. The molecular weight excluding hydrogens is 505 g/mol. The molecule has 7 nitrogen and oxygen atoms in total. The maximum atomic E-state index is 5.59. The van der Waals surface area contributed by atoms with Crippen LogP contribution in [0.1, 0.15) is 11.1 Å². The summed E-state index contributed by atoms with van der Waals surface area (Å²) >= 11 is 0. The fourth-order valence-electron chi connectivity index (χ4n) is 2.91. The Labute approximate surface area is 200 Å². The molecule has 0 fully saturated rings. The maximum Gasteiger partial charge on any atom is 0.191 e. The van der Waals surface area contributed by atoms with Crippen molar-refractivity contribution in [2.24, 2.45) is 4.99 Å². The first-order valence-electron chi connectivity index (χ1n) is 10.0. The third kappa shape index (κ3) is 8.22. The Hall–Kier alpha value is -2.59. The minimum absolute atomic E-state index is 0. The average Bonchev–Trinajstić information content (AvgIpc) is 3.33. The van der Waals surface area contributed by atoms with Crippen molar-refractivity contribution in [1.82, 2.24) is 20.4 Å². The lowest BCUT2D eigenvalue weighted by Crippen LogP contribution is -2.37. The van der Waals surface area contributed by atoms with Gasteiger partial charge in [-0.2, -0.15) is 5.10 Å². The fraction of sp³-hybridized carbons (Fsp3) is 0.304. The van der Waals surface area contributed by atoms with Crippen molar-refractivity contribution in [1.29, 1.82) is 0 Å². The molecule has 166 valence electrons. The summed E-state index contributed by atoms with van der Waals surface area (Å²) in [5.74, 6) is 1.63. The Morgan fingerprint density at radius 1 is 1.00 bits per heavy atom. The summed E-state index contributed by atoms with van der Waals surface area (Å²) < 4.78 is 12.4. The van der Waals surface area contributed by atoms with Gasteiger partial charge in [0.1, 0.15) is 12.4 Å². The second kappa shape index (κ2) is 13.7. The Morgan fingerprint density at radius 3 is 2.39 bits per heavy atom. The highest BCUT2D eigenvalue weighted by Crippen LogP contribution is 2.12. The lowest BCUT2D eigenvalue weighted by molar-refractivity contribution is 0.146. The molecule has 0 saturated heterocycles. The van der Waals surface area contributed by atoms with Gasteiger partial charge in [-0.1, -0.05) is 24.3 Å². The number of methoxy groups -OCH3 is 1. The molecule has 0 unspecified atom stereocenters. The number of halogens is 1. The molecule has 2 N–H and O–H groups in total. The van der Waals surface area contributed by atoms with Crippen molar-refractivity contribution in [2.45, 2.75) is 13.0 Å². The van der Waals surface area contributed by atoms with Gasteiger partial charge in [0.05, 0.1) is 12.3 Å². The van der Waals surface area contributed by atoms with Gasteiger partial charge in [-0.05, 0) is 47.9 Å². The lowest BCUT2D eigenvalue weighted by atomic mass is 10.1. The predicted octanol–water partition coefficient (Wildman–Crippen LogP) is 3.42. The van der Waals surface area contributed by atoms with Crippen LogP contribution in [0.25, 0.3) is 5.69 Å². The van der Waals surface area contributed by atoms with Crippen molar-refractivity contribution < 1.29 is 9.47 Å². The van der Waals surface area contributed by atoms with Crippen LogP contribution < -0.4 is 15.4 Å². The molecule has 0 spiro atoms. The molecule has 3 aromatic rings. The van der Waals surface area contributed by atoms with Crippen LogP contribution >= 0.6 is 24.0 Å². The summed E-state index contributed by atoms with van der Waals surface area (Å²) in [6.45, 7) is 2.63. The van der Waals surface area contributed by atoms with Crippen LogP contribution in [0.2, 0.25) is 0 Å². The number of benzene rings is 2. The standard InChI is InChI=1S/C23H29N5O2.HI/c1-24-23(26-18-20-6-10-22(11-7-20)30-17-16-29-2)25-14-12-19-4-8-21(9-5-19)28-15-3-13-27-28;/h3-11,13,15H,12,14,16-18H2,1-2H3,(H2,24,25,26);1H. The van der Waals surface area contributed by atoms with Crippen LogP contribution in [0, 0.1) is 0 Å². The molecule has 8 heteroatoms. The third-order valence-corrected chi connectivity index (χ3v) is 4.57. The molecule has 0 radical (unpaired) electrons. The van der Waals surface area contributed by atoms with Crippen molar-refractivity contribution >= 4 is 29.9 Å². The molecule has 3 rings (SSSR count). The number of ether oxygens (including phenoxy) is 2. The zero-order valence-corrected chi connectivity index (χ0v) is 20.3. The number of nitrogens with zero attached hydrogens (tertiary/aromatic N) is 3. The highest BCUT2D eigenvalue weighted by atomic mass is 127. The molecule has 0 atom stereocenters. The Balaban J connectivity index is 0.00000341. The summed E-state index contributed by atoms with van der Waals surface area (Å²) in [6, 6.07) is 18.4. The van der Waals surface area contributed by atoms with Crippen LogP contribution in [0.5, 0.6) is 5.75 Å². The van der Waals surface area contributed by atoms with E-state index in [1.54, 1.807) is 20.4 Å². The number of nitrogens with one attached hydrogen (secondary N) is 2. The van der Waals surface area contributed by atoms with Gasteiger partial charge >= 0.3 is 0 Å². The summed E-state index contributed by atoms with van der Waals surface area (Å²) in [6.07, 6.45) is 4.63. The summed E-state index contributed by atoms with van der Waals surface area (Å²) in [5.41, 5.74) is 3.48. The van der Waals surface area contributed by atoms with Crippen LogP contribution in [-0.4, -0.2) is 49.7 Å². The van der Waals surface area contributed by atoms with Crippen molar-refractivity contribution in [3.8, 4) is 11.4 Å². The molecule has 2 aromatic carbocycles. The number of aliphatic imine (C=N–C) groups is 1. The normalized spacial score (nSPS) is 11.0. The molecule has 1 aromatic heterocycles. The van der Waals surface area contributed by atoms with Crippen molar-refractivity contribution in [3.63, 3.8) is 0 Å². The van der Waals surface area contributed by atoms with E-state index in [-0.39, 0.29) is 24.0 Å². The number of aromatic nitrogens is 2. The molecule has 1 heterocycles. The third-order valence-electron chi connectivity index (χ3n) is 4.57. The van der Waals surface area contributed by atoms with E-state index < -0.39 is 0 Å². The predicted molar refractivity (Wildman–Crippen MR) is 135 cm³/mol. The van der Waals surface area contributed by atoms with E-state index in [9.17, 15) is 0 Å². The summed E-state index contributed by atoms with van der Waals surface area (Å²) in [5, 5.41) is 10.9. The van der Waals surface area contributed by atoms with Gasteiger partial charge in [0.15, 0.2) is 5.96 Å². The first-order chi connectivity index (χ1) is 14.8. The van der Waals surface area contributed by atoms with E-state index in [4.69, 9.17) is 9.47 Å². The van der Waals surface area contributed by atoms with Crippen LogP contribution in [-0.2, 0) is 17.7 Å². The largest absolute Gasteiger partial charge is 0.491 e. The number of guanidine groups is 1. The minimum Gasteiger partial charge on any atom is -0.491 e. The monoisotopic (exact) mass is 535 g/mol. The van der Waals surface area contributed by atoms with Crippen LogP contribution in [0.15, 0.2) is 72.0 Å². The fourth-order valence-corrected chi connectivity index (χ4v) is 2.91. The van der Waals surface area contributed by atoms with Crippen molar-refractivity contribution in [2.75, 3.05) is 33.9 Å². The topological polar surface area (TPSA) is 72.7 Å². The molecular formula is C23H30IN5O2. The van der Waals surface area contributed by atoms with Gasteiger partial charge in [0.2, 0.25) is 0 Å². The Bertz CT molecular complexity index is 897. The molecule has 0 saturated carbocycles. The van der Waals surface area contributed by atoms with E-state index in [1.807, 2.05) is 41.2 Å². The Kier molecular flexibility index (Phi) is 10.9. The average molecular weight is 535 g/mol. The van der Waals surface area contributed by atoms with Gasteiger partial charge in [0, 0.05) is 39.6 Å². The Morgan fingerprint density at radius 2 is 1.74 bits per heavy atom. The minimum atomic E-state index is 0. The van der Waals surface area contributed by atoms with Crippen molar-refractivity contribution in [3.05, 3.63) is 78.1 Å². The number of hydrogen-bond donors (Lipinski definition) is 2. The van der Waals surface area contributed by atoms with Gasteiger partial charge in [-0.3, -0.25) is 4.99 Å². The van der Waals surface area contributed by atoms with Crippen LogP contribution in [0.3, 0.4) is 0 Å². The first-order valence-corrected chi connectivity index (χ1v) is 10.0. The summed E-state index contributed by atoms with van der Waals surface area (Å²) in [7, 11) is 3.44. The SMILES string of the molecule is CN=C(NCCc1ccc(-n2cccn2)cc1)NCc1ccc(OCCOC)cc1.I. The molecule has 0 aliphatic rings. The zero-order valence-electron chi connectivity index (χ0n) is 18.0. The second-order valence-electron chi connectivity index (χ2n) is 6.70. The highest BCUT2D eigenvalue weighted by molar-refractivity contribution is 14.0. The van der Waals surface area contributed by atoms with Gasteiger partial charge in [-0.25, -0.2) is 4.68 Å². The van der Waals surface area contributed by atoms with Gasteiger partial charge < -0.3 is 20.1 Å². The highest BCUT2D eigenvalue weighted by Gasteiger charge is 2.01. The van der Waals surface area contributed by atoms with E-state index in [1.165, 1.54) is 5.56 Å². The van der Waals surface area contributed by atoms with Crippen LogP contribution in [0.4, 0.5) is 0 Å². The molecule has 0 bridgehead atoms. The lowest BCUT2D eigenvalue weighted by Gasteiger charge is -2.13. The van der Waals surface area contributed by atoms with E-state index >= 15 is 0 Å².